The summed E-state index contributed by atoms with van der Waals surface area (Å²) >= 11 is 0. The van der Waals surface area contributed by atoms with Crippen molar-refractivity contribution in [1.29, 1.82) is 0 Å². The quantitative estimate of drug-likeness (QED) is 0.679. The van der Waals surface area contributed by atoms with E-state index < -0.39 is 18.1 Å². The van der Waals surface area contributed by atoms with E-state index in [0.29, 0.717) is 22.8 Å². The Hall–Kier alpha value is -3.42. The van der Waals surface area contributed by atoms with E-state index >= 15 is 0 Å². The lowest BCUT2D eigenvalue weighted by Crippen LogP contribution is -2.31. The molecule has 1 amide bonds. The molecule has 0 radical (unpaired) electrons. The Morgan fingerprint density at radius 1 is 0.964 bits per heavy atom. The van der Waals surface area contributed by atoms with Crippen LogP contribution in [0.15, 0.2) is 42.5 Å². The summed E-state index contributed by atoms with van der Waals surface area (Å²) < 4.78 is 21.0. The Morgan fingerprint density at radius 2 is 1.57 bits per heavy atom. The lowest BCUT2D eigenvalue weighted by molar-refractivity contribution is -0.137. The van der Waals surface area contributed by atoms with Crippen LogP contribution in [0.4, 0.5) is 4.79 Å². The predicted molar refractivity (Wildman–Crippen MR) is 101 cm³/mol. The summed E-state index contributed by atoms with van der Waals surface area (Å²) in [6.07, 6.45) is -1.11. The van der Waals surface area contributed by atoms with Crippen LogP contribution in [-0.4, -0.2) is 38.5 Å². The van der Waals surface area contributed by atoms with Gasteiger partial charge in [-0.05, 0) is 11.6 Å². The van der Waals surface area contributed by atoms with Crippen LogP contribution in [0, 0.1) is 0 Å². The molecule has 0 saturated heterocycles. The smallest absolute Gasteiger partial charge is 0.407 e. The molecule has 0 bridgehead atoms. The van der Waals surface area contributed by atoms with E-state index in [9.17, 15) is 14.7 Å². The van der Waals surface area contributed by atoms with Crippen LogP contribution < -0.4 is 19.5 Å². The fourth-order valence-corrected chi connectivity index (χ4v) is 2.65. The van der Waals surface area contributed by atoms with E-state index in [1.54, 1.807) is 12.1 Å². The highest BCUT2D eigenvalue weighted by atomic mass is 16.5. The number of carbonyl (C=O) groups excluding carboxylic acids is 1. The summed E-state index contributed by atoms with van der Waals surface area (Å²) in [5, 5.41) is 11.8. The first kappa shape index (κ1) is 20.9. The number of benzene rings is 2. The highest BCUT2D eigenvalue weighted by Crippen LogP contribution is 2.38. The molecular weight excluding hydrogens is 366 g/mol. The highest BCUT2D eigenvalue weighted by Gasteiger charge is 2.24. The second-order valence-corrected chi connectivity index (χ2v) is 5.81. The number of aliphatic carboxylic acids is 1. The average molecular weight is 389 g/mol. The van der Waals surface area contributed by atoms with Gasteiger partial charge in [0.2, 0.25) is 0 Å². The molecule has 0 aliphatic carbocycles. The Bertz CT molecular complexity index is 808. The van der Waals surface area contributed by atoms with Crippen LogP contribution in [0.2, 0.25) is 0 Å². The molecule has 2 N–H and O–H groups in total. The molecule has 8 nitrogen and oxygen atoms in total. The molecule has 2 aromatic carbocycles. The zero-order chi connectivity index (χ0) is 20.5. The number of ether oxygens (including phenoxy) is 4. The molecule has 0 fully saturated rings. The number of carbonyl (C=O) groups is 2. The first-order valence-electron chi connectivity index (χ1n) is 8.47. The van der Waals surface area contributed by atoms with E-state index in [1.807, 2.05) is 30.3 Å². The zero-order valence-corrected chi connectivity index (χ0v) is 15.9. The van der Waals surface area contributed by atoms with Crippen molar-refractivity contribution < 1.29 is 33.6 Å². The van der Waals surface area contributed by atoms with Gasteiger partial charge in [-0.2, -0.15) is 0 Å². The maximum atomic E-state index is 12.2. The number of nitrogens with one attached hydrogen (secondary N) is 1. The van der Waals surface area contributed by atoms with Gasteiger partial charge in [-0.25, -0.2) is 4.79 Å². The van der Waals surface area contributed by atoms with Crippen molar-refractivity contribution >= 4 is 12.1 Å². The number of alkyl carbamates (subject to hydrolysis) is 1. The lowest BCUT2D eigenvalue weighted by Gasteiger charge is -2.21. The molecule has 150 valence electrons. The van der Waals surface area contributed by atoms with Gasteiger partial charge in [0.15, 0.2) is 11.5 Å². The summed E-state index contributed by atoms with van der Waals surface area (Å²) in [7, 11) is 4.38. The van der Waals surface area contributed by atoms with Crippen LogP contribution >= 0.6 is 0 Å². The molecule has 0 aliphatic rings. The fourth-order valence-electron chi connectivity index (χ4n) is 2.65. The second kappa shape index (κ2) is 10.1. The van der Waals surface area contributed by atoms with Crippen LogP contribution in [0.5, 0.6) is 17.2 Å². The highest BCUT2D eigenvalue weighted by molar-refractivity contribution is 5.72. The van der Waals surface area contributed by atoms with Crippen LogP contribution in [0.25, 0.3) is 0 Å². The van der Waals surface area contributed by atoms with E-state index in [-0.39, 0.29) is 13.0 Å². The monoisotopic (exact) mass is 389 g/mol. The second-order valence-electron chi connectivity index (χ2n) is 5.81. The normalized spacial score (nSPS) is 11.2. The average Bonchev–Trinajstić information content (AvgIpc) is 2.71. The van der Waals surface area contributed by atoms with Gasteiger partial charge in [-0.3, -0.25) is 4.79 Å². The predicted octanol–water partition coefficient (Wildman–Crippen LogP) is 3.15. The van der Waals surface area contributed by atoms with Gasteiger partial charge >= 0.3 is 12.1 Å². The van der Waals surface area contributed by atoms with E-state index in [1.165, 1.54) is 21.3 Å². The number of carboxylic acid groups (broad SMARTS) is 1. The standard InChI is InChI=1S/C20H23NO7/c1-25-16-11-18(27-3)17(26-2)9-14(16)15(10-19(22)23)21-20(24)28-12-13-7-5-4-6-8-13/h4-9,11,15H,10,12H2,1-3H3,(H,21,24)(H,22,23)/t15-/m1/s1. The zero-order valence-electron chi connectivity index (χ0n) is 15.9. The SMILES string of the molecule is COc1cc(OC)c([C@@H](CC(=O)O)NC(=O)OCc2ccccc2)cc1OC. The minimum atomic E-state index is -1.09. The molecule has 28 heavy (non-hydrogen) atoms. The minimum Gasteiger partial charge on any atom is -0.496 e. The molecule has 0 spiro atoms. The third kappa shape index (κ3) is 5.54. The third-order valence-electron chi connectivity index (χ3n) is 3.99. The number of hydrogen-bond donors (Lipinski definition) is 2. The summed E-state index contributed by atoms with van der Waals surface area (Å²) in [6.45, 7) is 0.0650. The number of rotatable bonds is 9. The Balaban J connectivity index is 2.22. The largest absolute Gasteiger partial charge is 0.496 e. The van der Waals surface area contributed by atoms with Crippen molar-refractivity contribution in [1.82, 2.24) is 5.32 Å². The molecule has 2 rings (SSSR count). The Morgan fingerprint density at radius 3 is 2.14 bits per heavy atom. The van der Waals surface area contributed by atoms with Crippen molar-refractivity contribution in [2.75, 3.05) is 21.3 Å². The lowest BCUT2D eigenvalue weighted by atomic mass is 10.0. The van der Waals surface area contributed by atoms with Crippen LogP contribution in [0.1, 0.15) is 23.6 Å². The summed E-state index contributed by atoms with van der Waals surface area (Å²) in [4.78, 5) is 23.6. The van der Waals surface area contributed by atoms with Gasteiger partial charge in [-0.15, -0.1) is 0 Å². The first-order valence-corrected chi connectivity index (χ1v) is 8.47. The fraction of sp³-hybridized carbons (Fsp3) is 0.300. The Kier molecular flexibility index (Phi) is 7.50. The van der Waals surface area contributed by atoms with Gasteiger partial charge in [0.1, 0.15) is 12.4 Å². The third-order valence-corrected chi connectivity index (χ3v) is 3.99. The maximum absolute atomic E-state index is 12.2. The molecule has 0 unspecified atom stereocenters. The molecule has 8 heteroatoms. The van der Waals surface area contributed by atoms with Gasteiger partial charge < -0.3 is 29.4 Å². The molecule has 0 aliphatic heterocycles. The topological polar surface area (TPSA) is 103 Å². The van der Waals surface area contributed by atoms with Crippen molar-refractivity contribution in [3.05, 3.63) is 53.6 Å². The van der Waals surface area contributed by atoms with Gasteiger partial charge in [-0.1, -0.05) is 30.3 Å². The maximum Gasteiger partial charge on any atom is 0.407 e. The van der Waals surface area contributed by atoms with Crippen LogP contribution in [0.3, 0.4) is 0 Å². The Labute approximate surface area is 163 Å². The van der Waals surface area contributed by atoms with Crippen molar-refractivity contribution in [2.45, 2.75) is 19.1 Å². The van der Waals surface area contributed by atoms with E-state index in [2.05, 4.69) is 5.32 Å². The van der Waals surface area contributed by atoms with Gasteiger partial charge in [0.05, 0.1) is 33.8 Å². The number of amides is 1. The van der Waals surface area contributed by atoms with E-state index in [4.69, 9.17) is 18.9 Å². The minimum absolute atomic E-state index is 0.0650. The van der Waals surface area contributed by atoms with Crippen LogP contribution in [-0.2, 0) is 16.1 Å². The molecule has 0 aromatic heterocycles. The van der Waals surface area contributed by atoms with Crippen molar-refractivity contribution in [3.8, 4) is 17.2 Å². The number of hydrogen-bond acceptors (Lipinski definition) is 6. The van der Waals surface area contributed by atoms with E-state index in [0.717, 1.165) is 5.56 Å². The summed E-state index contributed by atoms with van der Waals surface area (Å²) in [6, 6.07) is 11.4. The van der Waals surface area contributed by atoms with Gasteiger partial charge in [0, 0.05) is 11.6 Å². The van der Waals surface area contributed by atoms with Gasteiger partial charge in [0.25, 0.3) is 0 Å². The molecule has 0 heterocycles. The molecule has 2 aromatic rings. The molecule has 0 saturated carbocycles. The van der Waals surface area contributed by atoms with Crippen molar-refractivity contribution in [2.24, 2.45) is 0 Å². The van der Waals surface area contributed by atoms with Crippen molar-refractivity contribution in [3.63, 3.8) is 0 Å². The molecule has 1 atom stereocenters. The summed E-state index contributed by atoms with van der Waals surface area (Å²) in [5.41, 5.74) is 1.25. The molecular formula is C20H23NO7. The number of methoxy groups -OCH3 is 3. The first-order chi connectivity index (χ1) is 13.5. The summed E-state index contributed by atoms with van der Waals surface area (Å²) in [5.74, 6) is 0.0643. The number of carboxylic acids is 1.